The van der Waals surface area contributed by atoms with Gasteiger partial charge >= 0.3 is 0 Å². The average Bonchev–Trinajstić information content (AvgIpc) is 3.07. The summed E-state index contributed by atoms with van der Waals surface area (Å²) in [5.74, 6) is 0.0289. The Morgan fingerprint density at radius 1 is 1.21 bits per heavy atom. The molecule has 0 unspecified atom stereocenters. The molecular weight excluding hydrogens is 390 g/mol. The number of aryl methyl sites for hydroxylation is 1. The van der Waals surface area contributed by atoms with Crippen molar-refractivity contribution in [3.63, 3.8) is 0 Å². The first-order valence-electron chi connectivity index (χ1n) is 8.77. The number of hydrogen-bond acceptors (Lipinski definition) is 4. The molecule has 0 amide bonds. The van der Waals surface area contributed by atoms with Gasteiger partial charge in [-0.05, 0) is 61.9 Å². The lowest BCUT2D eigenvalue weighted by Gasteiger charge is -2.14. The molecule has 138 valence electrons. The maximum Gasteiger partial charge on any atom is 0.175 e. The molecule has 0 fully saturated rings. The van der Waals surface area contributed by atoms with Crippen LogP contribution in [0.25, 0.3) is 16.7 Å². The van der Waals surface area contributed by atoms with E-state index in [2.05, 4.69) is 11.1 Å². The molecule has 1 atom stereocenters. The first-order valence-corrected chi connectivity index (χ1v) is 10.0. The number of imidazole rings is 1. The van der Waals surface area contributed by atoms with Crippen LogP contribution in [0.1, 0.15) is 28.4 Å². The van der Waals surface area contributed by atoms with E-state index >= 15 is 0 Å². The van der Waals surface area contributed by atoms with E-state index in [9.17, 15) is 10.1 Å². The van der Waals surface area contributed by atoms with Crippen LogP contribution in [-0.2, 0) is 0 Å². The van der Waals surface area contributed by atoms with Gasteiger partial charge in [-0.1, -0.05) is 35.5 Å². The number of hydrogen-bond donors (Lipinski definition) is 0. The van der Waals surface area contributed by atoms with Crippen LogP contribution in [0.15, 0.2) is 59.6 Å². The highest BCUT2D eigenvalue weighted by atomic mass is 35.5. The number of benzene rings is 2. The zero-order chi connectivity index (χ0) is 19.8. The van der Waals surface area contributed by atoms with Gasteiger partial charge in [0.1, 0.15) is 6.07 Å². The van der Waals surface area contributed by atoms with E-state index in [-0.39, 0.29) is 11.0 Å². The number of ketones is 1. The van der Waals surface area contributed by atoms with E-state index in [1.165, 1.54) is 11.8 Å². The predicted molar refractivity (Wildman–Crippen MR) is 113 cm³/mol. The minimum Gasteiger partial charge on any atom is -0.293 e. The number of pyridine rings is 1. The summed E-state index contributed by atoms with van der Waals surface area (Å²) >= 11 is 7.39. The van der Waals surface area contributed by atoms with Crippen LogP contribution in [0.5, 0.6) is 0 Å². The minimum absolute atomic E-state index is 0.0289. The fourth-order valence-electron chi connectivity index (χ4n) is 3.22. The van der Waals surface area contributed by atoms with Crippen LogP contribution in [-0.4, -0.2) is 20.4 Å². The van der Waals surface area contributed by atoms with Crippen LogP contribution < -0.4 is 0 Å². The second-order valence-corrected chi connectivity index (χ2v) is 8.34. The summed E-state index contributed by atoms with van der Waals surface area (Å²) < 4.78 is 1.97. The number of aromatic nitrogens is 2. The van der Waals surface area contributed by atoms with Crippen molar-refractivity contribution in [2.75, 3.05) is 0 Å². The Hall–Kier alpha value is -2.81. The molecule has 28 heavy (non-hydrogen) atoms. The number of fused-ring (bicyclic) bond motifs is 3. The Morgan fingerprint density at radius 2 is 1.93 bits per heavy atom. The summed E-state index contributed by atoms with van der Waals surface area (Å²) in [6.07, 6.45) is 0. The van der Waals surface area contributed by atoms with E-state index < -0.39 is 0 Å². The molecule has 0 aliphatic rings. The smallest absolute Gasteiger partial charge is 0.175 e. The topological polar surface area (TPSA) is 58.2 Å². The molecule has 4 aromatic rings. The SMILES string of the molecule is Cc1cc(S[C@@H](C)C(=O)c2ccc(Cl)cc2)n2c(nc3ccccc32)c1C#N. The van der Waals surface area contributed by atoms with Gasteiger partial charge in [0.25, 0.3) is 0 Å². The van der Waals surface area contributed by atoms with E-state index in [1.54, 1.807) is 24.3 Å². The van der Waals surface area contributed by atoms with Gasteiger partial charge in [-0.25, -0.2) is 4.98 Å². The number of nitrogens with zero attached hydrogens (tertiary/aromatic N) is 3. The molecule has 0 N–H and O–H groups in total. The van der Waals surface area contributed by atoms with Crippen LogP contribution >= 0.6 is 23.4 Å². The van der Waals surface area contributed by atoms with Crippen LogP contribution in [0.3, 0.4) is 0 Å². The Labute approximate surface area is 171 Å². The molecule has 2 aromatic heterocycles. The van der Waals surface area contributed by atoms with E-state index in [0.717, 1.165) is 21.6 Å². The van der Waals surface area contributed by atoms with Gasteiger partial charge in [-0.15, -0.1) is 0 Å². The normalized spacial score (nSPS) is 12.2. The second-order valence-electron chi connectivity index (χ2n) is 6.54. The molecule has 0 saturated heterocycles. The quantitative estimate of drug-likeness (QED) is 0.323. The van der Waals surface area contributed by atoms with Crippen LogP contribution in [0.4, 0.5) is 0 Å². The highest BCUT2D eigenvalue weighted by Gasteiger charge is 2.21. The molecule has 0 spiro atoms. The highest BCUT2D eigenvalue weighted by Crippen LogP contribution is 2.32. The maximum atomic E-state index is 12.9. The van der Waals surface area contributed by atoms with E-state index in [0.29, 0.717) is 21.8 Å². The fraction of sp³-hybridized carbons (Fsp3) is 0.136. The Morgan fingerprint density at radius 3 is 2.64 bits per heavy atom. The van der Waals surface area contributed by atoms with Crippen molar-refractivity contribution in [2.45, 2.75) is 24.1 Å². The molecule has 0 aliphatic carbocycles. The number of thioether (sulfide) groups is 1. The molecule has 0 radical (unpaired) electrons. The van der Waals surface area contributed by atoms with Gasteiger partial charge in [0.05, 0.1) is 26.9 Å². The van der Waals surface area contributed by atoms with Crippen molar-refractivity contribution < 1.29 is 4.79 Å². The lowest BCUT2D eigenvalue weighted by molar-refractivity contribution is 0.0994. The third kappa shape index (κ3) is 3.15. The molecule has 0 bridgehead atoms. The number of para-hydroxylation sites is 2. The molecule has 4 rings (SSSR count). The van der Waals surface area contributed by atoms with Gasteiger partial charge in [-0.2, -0.15) is 5.26 Å². The third-order valence-corrected chi connectivity index (χ3v) is 6.01. The van der Waals surface area contributed by atoms with Crippen LogP contribution in [0, 0.1) is 18.3 Å². The van der Waals surface area contributed by atoms with Gasteiger partial charge < -0.3 is 0 Å². The highest BCUT2D eigenvalue weighted by molar-refractivity contribution is 8.00. The summed E-state index contributed by atoms with van der Waals surface area (Å²) in [6, 6.07) is 18.9. The molecule has 2 heterocycles. The third-order valence-electron chi connectivity index (χ3n) is 4.65. The zero-order valence-corrected chi connectivity index (χ0v) is 16.9. The second kappa shape index (κ2) is 7.31. The fourth-order valence-corrected chi connectivity index (χ4v) is 4.49. The minimum atomic E-state index is -0.308. The summed E-state index contributed by atoms with van der Waals surface area (Å²) in [7, 11) is 0. The van der Waals surface area contributed by atoms with Crippen molar-refractivity contribution in [2.24, 2.45) is 0 Å². The van der Waals surface area contributed by atoms with Crippen LogP contribution in [0.2, 0.25) is 5.02 Å². The standard InChI is InChI=1S/C22H16ClN3OS/c1-13-11-20(28-14(2)21(27)15-7-9-16(23)10-8-15)26-19-6-4-3-5-18(19)25-22(26)17(13)12-24/h3-11,14H,1-2H3/t14-/m0/s1. The lowest BCUT2D eigenvalue weighted by atomic mass is 10.1. The summed E-state index contributed by atoms with van der Waals surface area (Å²) in [4.78, 5) is 17.5. The first-order chi connectivity index (χ1) is 13.5. The van der Waals surface area contributed by atoms with Crippen molar-refractivity contribution >= 4 is 45.8 Å². The average molecular weight is 406 g/mol. The van der Waals surface area contributed by atoms with Gasteiger partial charge in [-0.3, -0.25) is 9.20 Å². The summed E-state index contributed by atoms with van der Waals surface area (Å²) in [5.41, 5.74) is 4.39. The molecule has 4 nitrogen and oxygen atoms in total. The van der Waals surface area contributed by atoms with E-state index in [4.69, 9.17) is 11.6 Å². The van der Waals surface area contributed by atoms with Crippen molar-refractivity contribution in [3.05, 3.63) is 76.3 Å². The number of rotatable bonds is 4. The molecule has 6 heteroatoms. The van der Waals surface area contributed by atoms with Crippen molar-refractivity contribution in [1.29, 1.82) is 5.26 Å². The number of nitriles is 1. The van der Waals surface area contributed by atoms with Gasteiger partial charge in [0.15, 0.2) is 11.4 Å². The summed E-state index contributed by atoms with van der Waals surface area (Å²) in [6.45, 7) is 3.79. The number of carbonyl (C=O) groups excluding carboxylic acids is 1. The van der Waals surface area contributed by atoms with Gasteiger partial charge in [0, 0.05) is 10.6 Å². The van der Waals surface area contributed by atoms with Gasteiger partial charge in [0.2, 0.25) is 0 Å². The predicted octanol–water partition coefficient (Wildman–Crippen LogP) is 5.68. The molecule has 2 aromatic carbocycles. The number of carbonyl (C=O) groups is 1. The number of Topliss-reactive ketones (excluding diaryl/α,β-unsaturated/α-hetero) is 1. The largest absolute Gasteiger partial charge is 0.293 e. The van der Waals surface area contributed by atoms with E-state index in [1.807, 2.05) is 48.6 Å². The van der Waals surface area contributed by atoms with Crippen molar-refractivity contribution in [3.8, 4) is 6.07 Å². The zero-order valence-electron chi connectivity index (χ0n) is 15.3. The lowest BCUT2D eigenvalue weighted by Crippen LogP contribution is -2.14. The van der Waals surface area contributed by atoms with Crippen molar-refractivity contribution in [1.82, 2.24) is 9.38 Å². The molecule has 0 aliphatic heterocycles. The Bertz CT molecular complexity index is 1250. The Balaban J connectivity index is 1.81. The summed E-state index contributed by atoms with van der Waals surface area (Å²) in [5, 5.41) is 10.8. The Kier molecular flexibility index (Phi) is 4.84. The monoisotopic (exact) mass is 405 g/mol. The maximum absolute atomic E-state index is 12.9. The first kappa shape index (κ1) is 18.5. The number of halogens is 1. The molecular formula is C22H16ClN3OS. The molecule has 0 saturated carbocycles.